The van der Waals surface area contributed by atoms with Crippen molar-refractivity contribution in [2.45, 2.75) is 38.1 Å². The number of carbonyl (C=O) groups excluding carboxylic acids is 1. The van der Waals surface area contributed by atoms with E-state index in [1.165, 1.54) is 12.8 Å². The number of carbonyl (C=O) groups is 1. The molecule has 5 nitrogen and oxygen atoms in total. The van der Waals surface area contributed by atoms with Gasteiger partial charge in [0.2, 0.25) is 5.91 Å². The zero-order valence-corrected chi connectivity index (χ0v) is 13.7. The molecule has 1 fully saturated rings. The van der Waals surface area contributed by atoms with Crippen molar-refractivity contribution >= 4 is 5.91 Å². The molecule has 2 aliphatic rings. The van der Waals surface area contributed by atoms with E-state index in [0.717, 1.165) is 50.3 Å². The van der Waals surface area contributed by atoms with Crippen molar-refractivity contribution in [3.63, 3.8) is 0 Å². The van der Waals surface area contributed by atoms with Gasteiger partial charge >= 0.3 is 0 Å². The van der Waals surface area contributed by atoms with Crippen LogP contribution in [-0.2, 0) is 11.8 Å². The zero-order chi connectivity index (χ0) is 15.5. The summed E-state index contributed by atoms with van der Waals surface area (Å²) in [6.45, 7) is 2.45. The first-order chi connectivity index (χ1) is 10.7. The van der Waals surface area contributed by atoms with Crippen LogP contribution in [0.25, 0.3) is 0 Å². The first-order valence-electron chi connectivity index (χ1n) is 8.32. The second kappa shape index (κ2) is 6.65. The maximum Gasteiger partial charge on any atom is 0.249 e. The number of piperazine rings is 1. The molecule has 5 heteroatoms. The Morgan fingerprint density at radius 2 is 2.09 bits per heavy atom. The van der Waals surface area contributed by atoms with Crippen molar-refractivity contribution < 1.29 is 4.79 Å². The fraction of sp³-hybridized carbons (Fsp3) is 0.647. The van der Waals surface area contributed by atoms with Crippen LogP contribution < -0.4 is 0 Å². The number of amides is 1. The minimum absolute atomic E-state index is 0.184. The van der Waals surface area contributed by atoms with E-state index in [4.69, 9.17) is 0 Å². The van der Waals surface area contributed by atoms with Crippen molar-refractivity contribution in [3.05, 3.63) is 29.9 Å². The van der Waals surface area contributed by atoms with Crippen LogP contribution in [0.15, 0.2) is 24.0 Å². The van der Waals surface area contributed by atoms with E-state index in [1.54, 1.807) is 0 Å². The lowest BCUT2D eigenvalue weighted by Crippen LogP contribution is -2.50. The minimum atomic E-state index is 0.184. The molecule has 0 N–H and O–H groups in total. The van der Waals surface area contributed by atoms with Crippen LogP contribution >= 0.6 is 0 Å². The van der Waals surface area contributed by atoms with Crippen molar-refractivity contribution in [2.75, 3.05) is 26.7 Å². The third-order valence-electron chi connectivity index (χ3n) is 4.91. The second-order valence-corrected chi connectivity index (χ2v) is 6.47. The number of imidazole rings is 1. The van der Waals surface area contributed by atoms with Crippen LogP contribution in [0.4, 0.5) is 0 Å². The molecule has 0 aromatic carbocycles. The Morgan fingerprint density at radius 1 is 1.23 bits per heavy atom. The summed E-state index contributed by atoms with van der Waals surface area (Å²) in [4.78, 5) is 21.6. The predicted octanol–water partition coefficient (Wildman–Crippen LogP) is 2.13. The van der Waals surface area contributed by atoms with Crippen LogP contribution in [0.3, 0.4) is 0 Å². The van der Waals surface area contributed by atoms with Gasteiger partial charge in [-0.05, 0) is 32.7 Å². The summed E-state index contributed by atoms with van der Waals surface area (Å²) in [6.07, 6.45) is 11.6. The number of allylic oxidation sites excluding steroid dienone is 1. The van der Waals surface area contributed by atoms with Gasteiger partial charge in [-0.1, -0.05) is 12.5 Å². The van der Waals surface area contributed by atoms with Gasteiger partial charge < -0.3 is 9.47 Å². The van der Waals surface area contributed by atoms with Crippen LogP contribution in [-0.4, -0.2) is 51.9 Å². The highest BCUT2D eigenvalue weighted by molar-refractivity contribution is 5.93. The lowest BCUT2D eigenvalue weighted by Gasteiger charge is -2.39. The summed E-state index contributed by atoms with van der Waals surface area (Å²) in [5.41, 5.74) is 1.03. The molecule has 1 aliphatic heterocycles. The Kier molecular flexibility index (Phi) is 4.62. The number of aryl methyl sites for hydroxylation is 1. The molecule has 0 bridgehead atoms. The summed E-state index contributed by atoms with van der Waals surface area (Å²) >= 11 is 0. The molecule has 22 heavy (non-hydrogen) atoms. The Morgan fingerprint density at radius 3 is 2.86 bits per heavy atom. The fourth-order valence-electron chi connectivity index (χ4n) is 3.45. The van der Waals surface area contributed by atoms with E-state index in [0.29, 0.717) is 0 Å². The highest BCUT2D eigenvalue weighted by Gasteiger charge is 2.31. The molecular formula is C17H26N4O. The van der Waals surface area contributed by atoms with Crippen molar-refractivity contribution in [2.24, 2.45) is 7.05 Å². The van der Waals surface area contributed by atoms with Gasteiger partial charge in [0.05, 0.1) is 6.04 Å². The maximum atomic E-state index is 12.8. The van der Waals surface area contributed by atoms with Crippen LogP contribution in [0.1, 0.15) is 44.0 Å². The SMILES string of the molecule is CN1CCN(C(=O)C2=CCCCCC2)C[C@H]1c1nccn1C. The molecular weight excluding hydrogens is 276 g/mol. The van der Waals surface area contributed by atoms with Gasteiger partial charge in [0.25, 0.3) is 0 Å². The van der Waals surface area contributed by atoms with Gasteiger partial charge in [-0.2, -0.15) is 0 Å². The summed E-state index contributed by atoms with van der Waals surface area (Å²) in [5.74, 6) is 1.28. The molecule has 0 radical (unpaired) electrons. The van der Waals surface area contributed by atoms with E-state index >= 15 is 0 Å². The summed E-state index contributed by atoms with van der Waals surface area (Å²) in [7, 11) is 4.14. The monoisotopic (exact) mass is 302 g/mol. The Bertz CT molecular complexity index is 563. The third-order valence-corrected chi connectivity index (χ3v) is 4.91. The highest BCUT2D eigenvalue weighted by atomic mass is 16.2. The van der Waals surface area contributed by atoms with E-state index in [9.17, 15) is 4.79 Å². The first-order valence-corrected chi connectivity index (χ1v) is 8.32. The zero-order valence-electron chi connectivity index (χ0n) is 13.7. The smallest absolute Gasteiger partial charge is 0.249 e. The van der Waals surface area contributed by atoms with Gasteiger partial charge in [-0.15, -0.1) is 0 Å². The average molecular weight is 302 g/mol. The summed E-state index contributed by atoms with van der Waals surface area (Å²) < 4.78 is 2.06. The lowest BCUT2D eigenvalue weighted by atomic mass is 10.1. The summed E-state index contributed by atoms with van der Waals surface area (Å²) in [6, 6.07) is 0.184. The number of rotatable bonds is 2. The van der Waals surface area contributed by atoms with E-state index in [-0.39, 0.29) is 11.9 Å². The van der Waals surface area contributed by atoms with Crippen molar-refractivity contribution in [3.8, 4) is 0 Å². The molecule has 0 saturated carbocycles. The number of hydrogen-bond donors (Lipinski definition) is 0. The molecule has 3 rings (SSSR count). The minimum Gasteiger partial charge on any atom is -0.337 e. The molecule has 1 aromatic heterocycles. The molecule has 1 amide bonds. The molecule has 1 aromatic rings. The summed E-state index contributed by atoms with van der Waals surface area (Å²) in [5, 5.41) is 0. The Balaban J connectivity index is 1.74. The van der Waals surface area contributed by atoms with Crippen molar-refractivity contribution in [1.29, 1.82) is 0 Å². The molecule has 120 valence electrons. The van der Waals surface area contributed by atoms with Gasteiger partial charge in [0.15, 0.2) is 0 Å². The largest absolute Gasteiger partial charge is 0.337 e. The standard InChI is InChI=1S/C17H26N4O/c1-19-11-12-21(13-15(19)16-18-9-10-20(16)2)17(22)14-7-5-3-4-6-8-14/h7,9-10,15H,3-6,8,11-13H2,1-2H3/t15-/m0/s1. The maximum absolute atomic E-state index is 12.8. The molecule has 1 atom stereocenters. The Labute approximate surface area is 132 Å². The van der Waals surface area contributed by atoms with Gasteiger partial charge in [-0.3, -0.25) is 9.69 Å². The number of aromatic nitrogens is 2. The highest BCUT2D eigenvalue weighted by Crippen LogP contribution is 2.25. The first kappa shape index (κ1) is 15.3. The van der Waals surface area contributed by atoms with Crippen LogP contribution in [0.5, 0.6) is 0 Å². The molecule has 0 spiro atoms. The van der Waals surface area contributed by atoms with E-state index in [2.05, 4.69) is 27.6 Å². The van der Waals surface area contributed by atoms with Gasteiger partial charge in [-0.25, -0.2) is 4.98 Å². The fourth-order valence-corrected chi connectivity index (χ4v) is 3.45. The molecule has 1 aliphatic carbocycles. The number of nitrogens with zero attached hydrogens (tertiary/aromatic N) is 4. The number of likely N-dealkylation sites (N-methyl/N-ethyl adjacent to an activating group) is 1. The van der Waals surface area contributed by atoms with E-state index < -0.39 is 0 Å². The topological polar surface area (TPSA) is 41.4 Å². The third kappa shape index (κ3) is 3.09. The lowest BCUT2D eigenvalue weighted by molar-refractivity contribution is -0.130. The Hall–Kier alpha value is -1.62. The van der Waals surface area contributed by atoms with Gasteiger partial charge in [0, 0.05) is 44.6 Å². The predicted molar refractivity (Wildman–Crippen MR) is 86.3 cm³/mol. The quantitative estimate of drug-likeness (QED) is 0.840. The van der Waals surface area contributed by atoms with Gasteiger partial charge in [0.1, 0.15) is 5.82 Å². The normalized spacial score (nSPS) is 24.0. The van der Waals surface area contributed by atoms with E-state index in [1.807, 2.05) is 24.3 Å². The number of hydrogen-bond acceptors (Lipinski definition) is 3. The molecule has 1 saturated heterocycles. The molecule has 0 unspecified atom stereocenters. The van der Waals surface area contributed by atoms with Crippen LogP contribution in [0.2, 0.25) is 0 Å². The second-order valence-electron chi connectivity index (χ2n) is 6.47. The van der Waals surface area contributed by atoms with Crippen LogP contribution in [0, 0.1) is 0 Å². The average Bonchev–Trinajstić information content (AvgIpc) is 2.78. The molecule has 2 heterocycles. The van der Waals surface area contributed by atoms with Crippen molar-refractivity contribution in [1.82, 2.24) is 19.4 Å².